The van der Waals surface area contributed by atoms with Gasteiger partial charge >= 0.3 is 0 Å². The molecular formula is C30H55NO2. The number of para-hydroxylation sites is 1. The van der Waals surface area contributed by atoms with Gasteiger partial charge in [-0.15, -0.1) is 0 Å². The molecule has 1 amide bonds. The van der Waals surface area contributed by atoms with E-state index >= 15 is 0 Å². The van der Waals surface area contributed by atoms with Crippen molar-refractivity contribution in [3.63, 3.8) is 0 Å². The molecule has 0 aromatic heterocycles. The second-order valence-corrected chi connectivity index (χ2v) is 7.32. The van der Waals surface area contributed by atoms with Gasteiger partial charge in [0, 0.05) is 13.1 Å². The normalized spacial score (nSPS) is 11.7. The molecule has 3 atom stereocenters. The van der Waals surface area contributed by atoms with E-state index in [1.807, 2.05) is 88.2 Å². The molecule has 0 spiro atoms. The Morgan fingerprint density at radius 3 is 1.85 bits per heavy atom. The van der Waals surface area contributed by atoms with Crippen LogP contribution in [0.3, 0.4) is 0 Å². The van der Waals surface area contributed by atoms with E-state index in [4.69, 9.17) is 4.74 Å². The van der Waals surface area contributed by atoms with Crippen molar-refractivity contribution in [2.75, 3.05) is 13.7 Å². The topological polar surface area (TPSA) is 29.5 Å². The predicted molar refractivity (Wildman–Crippen MR) is 150 cm³/mol. The van der Waals surface area contributed by atoms with E-state index in [2.05, 4.69) is 33.8 Å². The lowest BCUT2D eigenvalue weighted by Crippen LogP contribution is -2.42. The van der Waals surface area contributed by atoms with Gasteiger partial charge in [0.05, 0.1) is 13.0 Å². The molecule has 0 aliphatic heterocycles. The molecule has 2 aromatic carbocycles. The average molecular weight is 462 g/mol. The molecule has 192 valence electrons. The zero-order chi connectivity index (χ0) is 23.1. The van der Waals surface area contributed by atoms with Gasteiger partial charge in [0.2, 0.25) is 5.91 Å². The van der Waals surface area contributed by atoms with Crippen LogP contribution in [0.2, 0.25) is 0 Å². The van der Waals surface area contributed by atoms with Crippen LogP contribution in [-0.2, 0) is 11.2 Å². The van der Waals surface area contributed by atoms with E-state index in [1.165, 1.54) is 0 Å². The Morgan fingerprint density at radius 1 is 0.848 bits per heavy atom. The van der Waals surface area contributed by atoms with Crippen LogP contribution in [0, 0.1) is 18.8 Å². The number of carbonyl (C=O) groups is 1. The molecule has 0 heterocycles. The van der Waals surface area contributed by atoms with Crippen molar-refractivity contribution in [3.05, 3.63) is 65.7 Å². The lowest BCUT2D eigenvalue weighted by atomic mass is 9.89. The Kier molecular flexibility index (Phi) is 24.8. The molecule has 2 rings (SSSR count). The highest BCUT2D eigenvalue weighted by Crippen LogP contribution is 2.23. The van der Waals surface area contributed by atoms with Crippen molar-refractivity contribution in [3.8, 4) is 5.75 Å². The first-order valence-corrected chi connectivity index (χ1v) is 11.4. The number of hydrogen-bond donors (Lipinski definition) is 0. The van der Waals surface area contributed by atoms with Crippen LogP contribution in [0.1, 0.15) is 81.9 Å². The lowest BCUT2D eigenvalue weighted by molar-refractivity contribution is -0.132. The summed E-state index contributed by atoms with van der Waals surface area (Å²) in [5.74, 6) is 1.77. The lowest BCUT2D eigenvalue weighted by Gasteiger charge is -2.33. The van der Waals surface area contributed by atoms with Crippen LogP contribution in [0.15, 0.2) is 54.6 Å². The van der Waals surface area contributed by atoms with Gasteiger partial charge in [-0.2, -0.15) is 0 Å². The molecule has 33 heavy (non-hydrogen) atoms. The number of benzene rings is 2. The minimum Gasteiger partial charge on any atom is -0.493 e. The molecule has 0 aliphatic rings. The zero-order valence-corrected chi connectivity index (χ0v) is 20.6. The van der Waals surface area contributed by atoms with Gasteiger partial charge < -0.3 is 9.64 Å². The monoisotopic (exact) mass is 461 g/mol. The average Bonchev–Trinajstić information content (AvgIpc) is 2.80. The van der Waals surface area contributed by atoms with Gasteiger partial charge in [0.1, 0.15) is 5.75 Å². The number of likely N-dealkylation sites (N-methyl/N-ethyl adjacent to an activating group) is 1. The van der Waals surface area contributed by atoms with Crippen molar-refractivity contribution in [1.29, 1.82) is 0 Å². The highest BCUT2D eigenvalue weighted by molar-refractivity contribution is 5.78. The van der Waals surface area contributed by atoms with E-state index in [1.54, 1.807) is 0 Å². The van der Waals surface area contributed by atoms with Crippen molar-refractivity contribution >= 4 is 5.91 Å². The molecule has 3 nitrogen and oxygen atoms in total. The number of aryl methyl sites for hydroxylation is 1. The van der Waals surface area contributed by atoms with E-state index in [9.17, 15) is 4.79 Å². The van der Waals surface area contributed by atoms with Crippen LogP contribution < -0.4 is 4.74 Å². The Hall–Kier alpha value is -2.29. The first-order valence-electron chi connectivity index (χ1n) is 11.4. The molecule has 0 fully saturated rings. The minimum absolute atomic E-state index is 0. The van der Waals surface area contributed by atoms with Crippen LogP contribution in [-0.4, -0.2) is 30.5 Å². The highest BCUT2D eigenvalue weighted by Gasteiger charge is 2.26. The maximum atomic E-state index is 12.6. The van der Waals surface area contributed by atoms with Gasteiger partial charge in [-0.3, -0.25) is 4.79 Å². The van der Waals surface area contributed by atoms with Gasteiger partial charge in [-0.1, -0.05) is 112 Å². The smallest absolute Gasteiger partial charge is 0.226 e. The van der Waals surface area contributed by atoms with Gasteiger partial charge in [-0.05, 0) is 42.9 Å². The minimum atomic E-state index is 0. The summed E-state index contributed by atoms with van der Waals surface area (Å²) in [6.07, 6.45) is 0.447. The summed E-state index contributed by atoms with van der Waals surface area (Å²) in [6.45, 7) is 17.2. The summed E-state index contributed by atoms with van der Waals surface area (Å²) in [6, 6.07) is 18.1. The van der Waals surface area contributed by atoms with Gasteiger partial charge in [0.25, 0.3) is 0 Å². The van der Waals surface area contributed by atoms with Crippen molar-refractivity contribution < 1.29 is 9.53 Å². The summed E-state index contributed by atoms with van der Waals surface area (Å²) < 4.78 is 6.00. The number of hydrogen-bond acceptors (Lipinski definition) is 2. The van der Waals surface area contributed by atoms with Crippen molar-refractivity contribution in [2.45, 2.75) is 90.1 Å². The van der Waals surface area contributed by atoms with Crippen LogP contribution in [0.4, 0.5) is 0 Å². The van der Waals surface area contributed by atoms with Crippen molar-refractivity contribution in [1.82, 2.24) is 4.90 Å². The van der Waals surface area contributed by atoms with E-state index in [-0.39, 0.29) is 34.2 Å². The molecule has 3 unspecified atom stereocenters. The molecule has 2 aromatic rings. The second-order valence-electron chi connectivity index (χ2n) is 7.32. The molecular weight excluding hydrogens is 406 g/mol. The quantitative estimate of drug-likeness (QED) is 0.393. The fraction of sp³-hybridized carbons (Fsp3) is 0.567. The summed E-state index contributed by atoms with van der Waals surface area (Å²) in [5, 5.41) is 0. The largest absolute Gasteiger partial charge is 0.493 e. The predicted octanol–water partition coefficient (Wildman–Crippen LogP) is 8.70. The summed E-state index contributed by atoms with van der Waals surface area (Å²) >= 11 is 0. The third-order valence-electron chi connectivity index (χ3n) is 5.46. The summed E-state index contributed by atoms with van der Waals surface area (Å²) in [7, 11) is 1.90. The van der Waals surface area contributed by atoms with Crippen LogP contribution in [0.5, 0.6) is 5.75 Å². The molecule has 0 N–H and O–H groups in total. The standard InChI is InChI=1S/C23H31NO2.2C2H6.3CH4/c1-17-11-9-10-14-22(17)26-16-18(2)19(3)20(4)24(5)23(25)15-21-12-7-6-8-13-21;2*1-2;;;/h6-14,18-20H,15-16H2,1-5H3;2*1-2H3;3*1H4. The number of ether oxygens (including phenoxy) is 1. The molecule has 0 radical (unpaired) electrons. The fourth-order valence-electron chi connectivity index (χ4n) is 3.04. The second kappa shape index (κ2) is 21.6. The Morgan fingerprint density at radius 2 is 1.33 bits per heavy atom. The van der Waals surface area contributed by atoms with Crippen LogP contribution >= 0.6 is 0 Å². The molecule has 0 saturated carbocycles. The van der Waals surface area contributed by atoms with Crippen molar-refractivity contribution in [2.24, 2.45) is 11.8 Å². The maximum absolute atomic E-state index is 12.6. The maximum Gasteiger partial charge on any atom is 0.226 e. The number of rotatable bonds is 8. The zero-order valence-electron chi connectivity index (χ0n) is 20.6. The van der Waals surface area contributed by atoms with Gasteiger partial charge in [0.15, 0.2) is 0 Å². The third kappa shape index (κ3) is 13.1. The molecule has 0 aliphatic carbocycles. The number of amides is 1. The number of carbonyl (C=O) groups excluding carboxylic acids is 1. The summed E-state index contributed by atoms with van der Waals surface area (Å²) in [5.41, 5.74) is 2.20. The Bertz CT molecular complexity index is 699. The first kappa shape index (κ1) is 38.0. The Labute approximate surface area is 207 Å². The van der Waals surface area contributed by atoms with E-state index in [0.717, 1.165) is 16.9 Å². The van der Waals surface area contributed by atoms with E-state index < -0.39 is 0 Å². The van der Waals surface area contributed by atoms with E-state index in [0.29, 0.717) is 24.9 Å². The molecule has 0 bridgehead atoms. The highest BCUT2D eigenvalue weighted by atomic mass is 16.5. The Balaban J connectivity index is -0.000000569. The van der Waals surface area contributed by atoms with Gasteiger partial charge in [-0.25, -0.2) is 0 Å². The first-order chi connectivity index (χ1) is 14.4. The third-order valence-corrected chi connectivity index (χ3v) is 5.46. The van der Waals surface area contributed by atoms with Crippen LogP contribution in [0.25, 0.3) is 0 Å². The molecule has 0 saturated heterocycles. The fourth-order valence-corrected chi connectivity index (χ4v) is 3.04. The molecule has 3 heteroatoms. The SMILES string of the molecule is C.C.C.CC.CC.Cc1ccccc1OCC(C)C(C)C(C)N(C)C(=O)Cc1ccccc1. The summed E-state index contributed by atoms with van der Waals surface area (Å²) in [4.78, 5) is 14.5. The number of nitrogens with zero attached hydrogens (tertiary/aromatic N) is 1.